The Morgan fingerprint density at radius 1 is 1.38 bits per heavy atom. The smallest absolute Gasteiger partial charge is 0.348 e. The maximum absolute atomic E-state index is 13.0. The van der Waals surface area contributed by atoms with Crippen molar-refractivity contribution in [2.75, 3.05) is 26.7 Å². The summed E-state index contributed by atoms with van der Waals surface area (Å²) >= 11 is 3.18. The molecule has 0 aromatic heterocycles. The van der Waals surface area contributed by atoms with Gasteiger partial charge in [-0.25, -0.2) is 0 Å². The van der Waals surface area contributed by atoms with Crippen LogP contribution < -0.4 is 5.32 Å². The van der Waals surface area contributed by atoms with E-state index in [4.69, 9.17) is 0 Å². The second-order valence-electron chi connectivity index (χ2n) is 4.35. The maximum atomic E-state index is 13.0. The van der Waals surface area contributed by atoms with Crippen molar-refractivity contribution in [3.63, 3.8) is 0 Å². The third-order valence-electron chi connectivity index (χ3n) is 3.15. The lowest BCUT2D eigenvalue weighted by Gasteiger charge is -2.43. The van der Waals surface area contributed by atoms with Crippen molar-refractivity contribution in [2.24, 2.45) is 0 Å². The molecule has 2 aliphatic heterocycles. The molecule has 1 fully saturated rings. The zero-order valence-electron chi connectivity index (χ0n) is 9.03. The fraction of sp³-hybridized carbons (Fsp3) is 0.778. The van der Waals surface area contributed by atoms with Gasteiger partial charge in [-0.2, -0.15) is 13.2 Å². The van der Waals surface area contributed by atoms with Gasteiger partial charge in [0, 0.05) is 19.6 Å². The molecule has 16 heavy (non-hydrogen) atoms. The number of nitrogens with one attached hydrogen (secondary N) is 1. The molecule has 2 rings (SSSR count). The molecule has 2 heterocycles. The summed E-state index contributed by atoms with van der Waals surface area (Å²) in [5.74, 6) is 0. The van der Waals surface area contributed by atoms with E-state index < -0.39 is 11.8 Å². The third-order valence-corrected chi connectivity index (χ3v) is 3.81. The third kappa shape index (κ3) is 1.60. The van der Waals surface area contributed by atoms with Gasteiger partial charge < -0.3 is 10.2 Å². The summed E-state index contributed by atoms with van der Waals surface area (Å²) in [6.07, 6.45) is -4.30. The SMILES string of the molecule is CN1CCN2C(=C(Br)NC2(C)C(F)(F)F)C1. The molecule has 0 saturated carbocycles. The fourth-order valence-electron chi connectivity index (χ4n) is 2.08. The molecule has 0 amide bonds. The average Bonchev–Trinajstić information content (AvgIpc) is 2.39. The van der Waals surface area contributed by atoms with Gasteiger partial charge in [-0.15, -0.1) is 0 Å². The van der Waals surface area contributed by atoms with Crippen LogP contribution in [0.15, 0.2) is 10.3 Å². The lowest BCUT2D eigenvalue weighted by atomic mass is 10.1. The van der Waals surface area contributed by atoms with E-state index in [1.165, 1.54) is 11.8 Å². The van der Waals surface area contributed by atoms with Crippen LogP contribution in [0.25, 0.3) is 0 Å². The average molecular weight is 300 g/mol. The molecule has 0 aliphatic carbocycles. The van der Waals surface area contributed by atoms with Crippen molar-refractivity contribution in [2.45, 2.75) is 18.8 Å². The molecule has 1 N–H and O–H groups in total. The highest BCUT2D eigenvalue weighted by atomic mass is 79.9. The van der Waals surface area contributed by atoms with Gasteiger partial charge in [0.2, 0.25) is 5.66 Å². The van der Waals surface area contributed by atoms with Gasteiger partial charge in [-0.1, -0.05) is 0 Å². The molecule has 0 aromatic carbocycles. The first-order valence-corrected chi connectivity index (χ1v) is 5.75. The molecule has 7 heteroatoms. The minimum absolute atomic E-state index is 0.379. The number of alkyl halides is 3. The fourth-order valence-corrected chi connectivity index (χ4v) is 2.81. The minimum Gasteiger partial charge on any atom is -0.348 e. The van der Waals surface area contributed by atoms with Crippen molar-refractivity contribution < 1.29 is 13.2 Å². The summed E-state index contributed by atoms with van der Waals surface area (Å²) in [5.41, 5.74) is -1.31. The van der Waals surface area contributed by atoms with Crippen LogP contribution >= 0.6 is 15.9 Å². The first-order valence-electron chi connectivity index (χ1n) is 4.95. The summed E-state index contributed by atoms with van der Waals surface area (Å²) in [6.45, 7) is 2.72. The van der Waals surface area contributed by atoms with Crippen LogP contribution in [-0.4, -0.2) is 48.3 Å². The van der Waals surface area contributed by atoms with Crippen molar-refractivity contribution in [1.29, 1.82) is 0 Å². The van der Waals surface area contributed by atoms with Gasteiger partial charge in [-0.05, 0) is 29.9 Å². The molecule has 92 valence electrons. The molecule has 0 radical (unpaired) electrons. The van der Waals surface area contributed by atoms with Crippen LogP contribution in [0, 0.1) is 0 Å². The summed E-state index contributed by atoms with van der Waals surface area (Å²) in [6, 6.07) is 0. The number of rotatable bonds is 0. The molecular weight excluding hydrogens is 287 g/mol. The summed E-state index contributed by atoms with van der Waals surface area (Å²) in [7, 11) is 1.90. The van der Waals surface area contributed by atoms with E-state index in [0.717, 1.165) is 0 Å². The first-order chi connectivity index (χ1) is 7.25. The Morgan fingerprint density at radius 3 is 2.56 bits per heavy atom. The van der Waals surface area contributed by atoms with E-state index in [1.54, 1.807) is 0 Å². The highest BCUT2D eigenvalue weighted by Gasteiger charge is 2.59. The number of fused-ring (bicyclic) bond motifs is 1. The Hall–Kier alpha value is -0.430. The van der Waals surface area contributed by atoms with Crippen molar-refractivity contribution >= 4 is 15.9 Å². The summed E-state index contributed by atoms with van der Waals surface area (Å²) in [4.78, 5) is 3.40. The van der Waals surface area contributed by atoms with E-state index in [2.05, 4.69) is 21.2 Å². The number of halogens is 4. The normalized spacial score (nSPS) is 31.8. The highest BCUT2D eigenvalue weighted by molar-refractivity contribution is 9.11. The first kappa shape index (κ1) is 12.0. The van der Waals surface area contributed by atoms with E-state index in [1.807, 2.05) is 11.9 Å². The summed E-state index contributed by atoms with van der Waals surface area (Å²) < 4.78 is 39.5. The van der Waals surface area contributed by atoms with E-state index >= 15 is 0 Å². The Balaban J connectivity index is 2.32. The number of nitrogens with zero attached hydrogens (tertiary/aromatic N) is 2. The van der Waals surface area contributed by atoms with Crippen LogP contribution in [0.1, 0.15) is 6.92 Å². The molecule has 3 nitrogen and oxygen atoms in total. The maximum Gasteiger partial charge on any atom is 0.430 e. The lowest BCUT2D eigenvalue weighted by Crippen LogP contribution is -2.63. The molecule has 2 aliphatic rings. The van der Waals surface area contributed by atoms with Gasteiger partial charge in [0.15, 0.2) is 0 Å². The van der Waals surface area contributed by atoms with Gasteiger partial charge in [0.25, 0.3) is 0 Å². The van der Waals surface area contributed by atoms with E-state index in [0.29, 0.717) is 29.9 Å². The number of likely N-dealkylation sites (N-methyl/N-ethyl adjacent to an activating group) is 1. The Kier molecular flexibility index (Phi) is 2.66. The predicted octanol–water partition coefficient (Wildman–Crippen LogP) is 1.68. The monoisotopic (exact) mass is 299 g/mol. The van der Waals surface area contributed by atoms with Crippen LogP contribution in [-0.2, 0) is 0 Å². The Morgan fingerprint density at radius 2 is 2.00 bits per heavy atom. The highest BCUT2D eigenvalue weighted by Crippen LogP contribution is 2.42. The zero-order chi connectivity index (χ0) is 12.1. The van der Waals surface area contributed by atoms with Gasteiger partial charge in [0.05, 0.1) is 5.70 Å². The van der Waals surface area contributed by atoms with Crippen LogP contribution in [0.4, 0.5) is 13.2 Å². The van der Waals surface area contributed by atoms with Crippen LogP contribution in [0.3, 0.4) is 0 Å². The topological polar surface area (TPSA) is 18.5 Å². The quantitative estimate of drug-likeness (QED) is 0.687. The predicted molar refractivity (Wildman–Crippen MR) is 57.8 cm³/mol. The van der Waals surface area contributed by atoms with Gasteiger partial charge >= 0.3 is 6.18 Å². The second-order valence-corrected chi connectivity index (χ2v) is 5.14. The largest absolute Gasteiger partial charge is 0.430 e. The molecule has 0 spiro atoms. The number of piperazine rings is 1. The molecule has 1 unspecified atom stereocenters. The zero-order valence-corrected chi connectivity index (χ0v) is 10.6. The van der Waals surface area contributed by atoms with Crippen LogP contribution in [0.5, 0.6) is 0 Å². The Bertz CT molecular complexity index is 341. The van der Waals surface area contributed by atoms with Crippen molar-refractivity contribution in [1.82, 2.24) is 15.1 Å². The lowest BCUT2D eigenvalue weighted by molar-refractivity contribution is -0.225. The minimum atomic E-state index is -4.30. The molecule has 0 bridgehead atoms. The second kappa shape index (κ2) is 3.53. The van der Waals surface area contributed by atoms with E-state index in [-0.39, 0.29) is 0 Å². The Labute approximate surface area is 100 Å². The standard InChI is InChI=1S/C9H13BrF3N3/c1-8(9(11,12)13)14-7(10)6-5-15(2)3-4-16(6)8/h14H,3-5H2,1-2H3. The molecule has 0 aromatic rings. The van der Waals surface area contributed by atoms with Gasteiger partial charge in [0.1, 0.15) is 4.61 Å². The van der Waals surface area contributed by atoms with Crippen LogP contribution in [0.2, 0.25) is 0 Å². The molecular formula is C9H13BrF3N3. The molecule has 1 saturated heterocycles. The van der Waals surface area contributed by atoms with E-state index in [9.17, 15) is 13.2 Å². The van der Waals surface area contributed by atoms with Crippen molar-refractivity contribution in [3.8, 4) is 0 Å². The summed E-state index contributed by atoms with van der Waals surface area (Å²) in [5, 5.41) is 2.50. The molecule has 1 atom stereocenters. The number of hydrogen-bond acceptors (Lipinski definition) is 3. The van der Waals surface area contributed by atoms with Gasteiger partial charge in [-0.3, -0.25) is 4.90 Å². The van der Waals surface area contributed by atoms with Crippen molar-refractivity contribution in [3.05, 3.63) is 10.3 Å². The number of hydrogen-bond donors (Lipinski definition) is 1.